The maximum Gasteiger partial charge on any atom is 0.0628 e. The summed E-state index contributed by atoms with van der Waals surface area (Å²) in [5.74, 6) is 0. The van der Waals surface area contributed by atoms with Crippen molar-refractivity contribution in [3.05, 3.63) is 6.42 Å². The number of aliphatic hydroxyl groups excluding tert-OH is 1. The Morgan fingerprint density at radius 2 is 2.33 bits per heavy atom. The third kappa shape index (κ3) is 1.95. The van der Waals surface area contributed by atoms with Crippen molar-refractivity contribution in [2.45, 2.75) is 31.5 Å². The van der Waals surface area contributed by atoms with Gasteiger partial charge in [0.05, 0.1) is 12.2 Å². The van der Waals surface area contributed by atoms with Crippen LogP contribution in [0.25, 0.3) is 0 Å². The average Bonchev–Trinajstić information content (AvgIpc) is 1.88. The molecule has 1 aliphatic rings. The summed E-state index contributed by atoms with van der Waals surface area (Å²) in [4.78, 5) is 0. The van der Waals surface area contributed by atoms with E-state index >= 15 is 0 Å². The second-order valence-electron chi connectivity index (χ2n) is 2.46. The van der Waals surface area contributed by atoms with E-state index in [1.54, 1.807) is 7.11 Å². The molecule has 0 aromatic heterocycles. The molecule has 1 saturated carbocycles. The van der Waals surface area contributed by atoms with Crippen LogP contribution < -0.4 is 0 Å². The summed E-state index contributed by atoms with van der Waals surface area (Å²) in [6.45, 7) is 0. The Bertz CT molecular complexity index is 83.0. The fraction of sp³-hybridized carbons (Fsp3) is 0.857. The normalized spacial score (nSPS) is 36.7. The first-order valence-corrected chi connectivity index (χ1v) is 3.39. The van der Waals surface area contributed by atoms with Gasteiger partial charge in [0.1, 0.15) is 0 Å². The van der Waals surface area contributed by atoms with E-state index in [4.69, 9.17) is 9.84 Å². The van der Waals surface area contributed by atoms with Gasteiger partial charge in [-0.2, -0.15) is 0 Å². The summed E-state index contributed by atoms with van der Waals surface area (Å²) in [5, 5.41) is 9.08. The van der Waals surface area contributed by atoms with E-state index in [0.717, 1.165) is 19.3 Å². The molecule has 0 spiro atoms. The minimum absolute atomic E-state index is 0.189. The number of hydrogen-bond acceptors (Lipinski definition) is 2. The zero-order valence-corrected chi connectivity index (χ0v) is 5.71. The SMILES string of the molecule is CO[C@@H]1[CH][C@@H](O)CCC1. The number of ether oxygens (including phenoxy) is 1. The van der Waals surface area contributed by atoms with Crippen LogP contribution >= 0.6 is 0 Å². The molecule has 0 saturated heterocycles. The van der Waals surface area contributed by atoms with Crippen molar-refractivity contribution >= 4 is 0 Å². The zero-order valence-electron chi connectivity index (χ0n) is 5.71. The van der Waals surface area contributed by atoms with Crippen LogP contribution in [0.15, 0.2) is 0 Å². The molecule has 1 radical (unpaired) electrons. The number of aliphatic hydroxyl groups is 1. The minimum atomic E-state index is -0.233. The highest BCUT2D eigenvalue weighted by Gasteiger charge is 2.19. The Morgan fingerprint density at radius 1 is 1.56 bits per heavy atom. The Labute approximate surface area is 55.8 Å². The lowest BCUT2D eigenvalue weighted by Crippen LogP contribution is -2.25. The lowest BCUT2D eigenvalue weighted by atomic mass is 9.95. The second-order valence-corrected chi connectivity index (χ2v) is 2.46. The molecule has 0 aromatic rings. The van der Waals surface area contributed by atoms with Gasteiger partial charge < -0.3 is 9.84 Å². The van der Waals surface area contributed by atoms with Crippen LogP contribution in [0, 0.1) is 6.42 Å². The molecule has 9 heavy (non-hydrogen) atoms. The molecule has 2 atom stereocenters. The first-order valence-electron chi connectivity index (χ1n) is 3.39. The Morgan fingerprint density at radius 3 is 2.78 bits per heavy atom. The maximum absolute atomic E-state index is 9.08. The molecule has 53 valence electrons. The summed E-state index contributed by atoms with van der Waals surface area (Å²) in [5.41, 5.74) is 0. The van der Waals surface area contributed by atoms with Crippen LogP contribution in [-0.4, -0.2) is 24.4 Å². The van der Waals surface area contributed by atoms with Crippen molar-refractivity contribution in [1.29, 1.82) is 0 Å². The second kappa shape index (κ2) is 3.18. The predicted octanol–water partition coefficient (Wildman–Crippen LogP) is 0.750. The standard InChI is InChI=1S/C7H13O2/c1-9-7-4-2-3-6(8)5-7/h5-8H,2-4H2,1H3/t6-,7-/m0/s1. The molecule has 0 aliphatic heterocycles. The predicted molar refractivity (Wildman–Crippen MR) is 35.0 cm³/mol. The molecule has 1 N–H and O–H groups in total. The van der Waals surface area contributed by atoms with Gasteiger partial charge in [-0.3, -0.25) is 0 Å². The number of rotatable bonds is 1. The van der Waals surface area contributed by atoms with Gasteiger partial charge in [-0.15, -0.1) is 0 Å². The van der Waals surface area contributed by atoms with Gasteiger partial charge in [-0.25, -0.2) is 0 Å². The molecule has 0 heterocycles. The quantitative estimate of drug-likeness (QED) is 0.566. The molecule has 0 bridgehead atoms. The summed E-state index contributed by atoms with van der Waals surface area (Å²) in [6, 6.07) is 0. The summed E-state index contributed by atoms with van der Waals surface area (Å²) >= 11 is 0. The van der Waals surface area contributed by atoms with Crippen LogP contribution in [0.4, 0.5) is 0 Å². The molecule has 2 heteroatoms. The van der Waals surface area contributed by atoms with E-state index in [9.17, 15) is 0 Å². The highest BCUT2D eigenvalue weighted by Crippen LogP contribution is 2.18. The fourth-order valence-corrected chi connectivity index (χ4v) is 1.16. The van der Waals surface area contributed by atoms with E-state index in [1.807, 2.05) is 6.42 Å². The molecular formula is C7H13O2. The summed E-state index contributed by atoms with van der Waals surface area (Å²) in [6.07, 6.45) is 4.87. The number of hydrogen-bond donors (Lipinski definition) is 1. The maximum atomic E-state index is 9.08. The first-order chi connectivity index (χ1) is 4.33. The van der Waals surface area contributed by atoms with E-state index in [-0.39, 0.29) is 12.2 Å². The average molecular weight is 129 g/mol. The van der Waals surface area contributed by atoms with Crippen LogP contribution in [-0.2, 0) is 4.74 Å². The Balaban J connectivity index is 2.23. The van der Waals surface area contributed by atoms with E-state index < -0.39 is 0 Å². The van der Waals surface area contributed by atoms with Crippen molar-refractivity contribution < 1.29 is 9.84 Å². The van der Waals surface area contributed by atoms with Gasteiger partial charge in [0.25, 0.3) is 0 Å². The van der Waals surface area contributed by atoms with Crippen molar-refractivity contribution in [3.63, 3.8) is 0 Å². The van der Waals surface area contributed by atoms with Gasteiger partial charge in [0.15, 0.2) is 0 Å². The minimum Gasteiger partial charge on any atom is -0.393 e. The van der Waals surface area contributed by atoms with Crippen molar-refractivity contribution in [2.24, 2.45) is 0 Å². The molecule has 0 unspecified atom stereocenters. The fourth-order valence-electron chi connectivity index (χ4n) is 1.16. The third-order valence-corrected chi connectivity index (χ3v) is 1.73. The van der Waals surface area contributed by atoms with E-state index in [0.29, 0.717) is 0 Å². The number of methoxy groups -OCH3 is 1. The van der Waals surface area contributed by atoms with Crippen molar-refractivity contribution in [2.75, 3.05) is 7.11 Å². The van der Waals surface area contributed by atoms with E-state index in [2.05, 4.69) is 0 Å². The Hall–Kier alpha value is -0.0800. The van der Waals surface area contributed by atoms with E-state index in [1.165, 1.54) is 0 Å². The van der Waals surface area contributed by atoms with Crippen LogP contribution in [0.5, 0.6) is 0 Å². The van der Waals surface area contributed by atoms with Crippen LogP contribution in [0.1, 0.15) is 19.3 Å². The Kier molecular flexibility index (Phi) is 2.49. The molecule has 1 rings (SSSR count). The molecule has 1 fully saturated rings. The molecular weight excluding hydrogens is 116 g/mol. The van der Waals surface area contributed by atoms with Gasteiger partial charge >= 0.3 is 0 Å². The molecule has 2 nitrogen and oxygen atoms in total. The lowest BCUT2D eigenvalue weighted by Gasteiger charge is -2.23. The van der Waals surface area contributed by atoms with Crippen LogP contribution in [0.3, 0.4) is 0 Å². The van der Waals surface area contributed by atoms with Gasteiger partial charge in [-0.05, 0) is 19.3 Å². The largest absolute Gasteiger partial charge is 0.393 e. The van der Waals surface area contributed by atoms with Crippen LogP contribution in [0.2, 0.25) is 0 Å². The highest BCUT2D eigenvalue weighted by atomic mass is 16.5. The lowest BCUT2D eigenvalue weighted by molar-refractivity contribution is 0.0594. The topological polar surface area (TPSA) is 29.5 Å². The summed E-state index contributed by atoms with van der Waals surface area (Å²) in [7, 11) is 1.68. The smallest absolute Gasteiger partial charge is 0.0628 e. The zero-order chi connectivity index (χ0) is 6.69. The first kappa shape index (κ1) is 7.03. The van der Waals surface area contributed by atoms with Gasteiger partial charge in [0, 0.05) is 13.5 Å². The summed E-state index contributed by atoms with van der Waals surface area (Å²) < 4.78 is 5.05. The van der Waals surface area contributed by atoms with Crippen molar-refractivity contribution in [1.82, 2.24) is 0 Å². The molecule has 0 amide bonds. The molecule has 0 aromatic carbocycles. The third-order valence-electron chi connectivity index (χ3n) is 1.73. The van der Waals surface area contributed by atoms with Crippen molar-refractivity contribution in [3.8, 4) is 0 Å². The molecule has 1 aliphatic carbocycles. The van der Waals surface area contributed by atoms with Gasteiger partial charge in [0.2, 0.25) is 0 Å². The monoisotopic (exact) mass is 129 g/mol. The highest BCUT2D eigenvalue weighted by molar-refractivity contribution is 4.88. The van der Waals surface area contributed by atoms with Gasteiger partial charge in [-0.1, -0.05) is 0 Å².